The van der Waals surface area contributed by atoms with Gasteiger partial charge in [-0.2, -0.15) is 0 Å². The number of hydrogen-bond donors (Lipinski definition) is 3. The highest BCUT2D eigenvalue weighted by Gasteiger charge is 2.47. The van der Waals surface area contributed by atoms with Crippen LogP contribution in [0.15, 0.2) is 54.1 Å². The van der Waals surface area contributed by atoms with E-state index in [9.17, 15) is 29.7 Å². The summed E-state index contributed by atoms with van der Waals surface area (Å²) in [6, 6.07) is 9.04. The van der Waals surface area contributed by atoms with Crippen LogP contribution < -0.4 is 0 Å². The van der Waals surface area contributed by atoms with Gasteiger partial charge in [-0.05, 0) is 58.3 Å². The second-order valence-electron chi connectivity index (χ2n) is 13.9. The zero-order valence-corrected chi connectivity index (χ0v) is 30.0. The highest BCUT2D eigenvalue weighted by Crippen LogP contribution is 2.34. The van der Waals surface area contributed by atoms with Gasteiger partial charge in [0.2, 0.25) is 0 Å². The van der Waals surface area contributed by atoms with Gasteiger partial charge in [0.05, 0.1) is 50.1 Å². The van der Waals surface area contributed by atoms with Crippen LogP contribution in [0.5, 0.6) is 0 Å². The fraction of sp³-hybridized carbons (Fsp3) is 0.658. The van der Waals surface area contributed by atoms with Crippen LogP contribution in [0.1, 0.15) is 65.9 Å². The number of carbonyl (C=O) groups is 3. The molecule has 3 rings (SSSR count). The van der Waals surface area contributed by atoms with E-state index in [0.717, 1.165) is 17.4 Å². The van der Waals surface area contributed by atoms with E-state index in [0.29, 0.717) is 13.0 Å². The molecule has 1 aromatic carbocycles. The number of allylic oxidation sites excluding steroid dienone is 3. The molecule has 0 bridgehead atoms. The molecule has 12 atom stereocenters. The monoisotopic (exact) mass is 687 g/mol. The number of aliphatic hydroxyl groups excluding tert-OH is 3. The van der Waals surface area contributed by atoms with Crippen LogP contribution in [-0.2, 0) is 39.9 Å². The molecule has 3 N–H and O–H groups in total. The Hall–Kier alpha value is -2.77. The lowest BCUT2D eigenvalue weighted by molar-refractivity contribution is -0.304. The molecule has 11 nitrogen and oxygen atoms in total. The minimum absolute atomic E-state index is 0.00705. The van der Waals surface area contributed by atoms with Gasteiger partial charge in [0.1, 0.15) is 18.5 Å². The number of rotatable bonds is 10. The molecule has 0 amide bonds. The number of likely N-dealkylation sites (N-methyl/N-ethyl adjacent to an activating group) is 1. The van der Waals surface area contributed by atoms with Crippen molar-refractivity contribution in [2.24, 2.45) is 23.7 Å². The van der Waals surface area contributed by atoms with Gasteiger partial charge < -0.3 is 44.0 Å². The molecule has 274 valence electrons. The molecule has 11 heteroatoms. The molecule has 2 aliphatic heterocycles. The van der Waals surface area contributed by atoms with Crippen molar-refractivity contribution in [1.82, 2.24) is 4.90 Å². The maximum Gasteiger partial charge on any atom is 0.308 e. The summed E-state index contributed by atoms with van der Waals surface area (Å²) in [4.78, 5) is 40.4. The van der Waals surface area contributed by atoms with Crippen LogP contribution in [0, 0.1) is 23.7 Å². The molecule has 49 heavy (non-hydrogen) atoms. The molecule has 2 aliphatic rings. The molecule has 0 aliphatic carbocycles. The van der Waals surface area contributed by atoms with Crippen LogP contribution in [0.2, 0.25) is 0 Å². The molecular weight excluding hydrogens is 630 g/mol. The normalized spacial score (nSPS) is 37.2. The fourth-order valence-electron chi connectivity index (χ4n) is 6.80. The zero-order valence-electron chi connectivity index (χ0n) is 30.0. The van der Waals surface area contributed by atoms with Gasteiger partial charge in [0.15, 0.2) is 12.1 Å². The van der Waals surface area contributed by atoms with Gasteiger partial charge in [-0.15, -0.1) is 0 Å². The number of benzene rings is 1. The number of esters is 1. The first-order valence-electron chi connectivity index (χ1n) is 17.4. The van der Waals surface area contributed by atoms with E-state index in [1.807, 2.05) is 50.3 Å². The summed E-state index contributed by atoms with van der Waals surface area (Å²) in [6.07, 6.45) is -0.557. The summed E-state index contributed by atoms with van der Waals surface area (Å²) < 4.78 is 24.4. The van der Waals surface area contributed by atoms with Crippen molar-refractivity contribution in [3.05, 3.63) is 59.7 Å². The summed E-state index contributed by atoms with van der Waals surface area (Å²) in [6.45, 7) is 9.59. The van der Waals surface area contributed by atoms with E-state index in [2.05, 4.69) is 0 Å². The Bertz CT molecular complexity index is 1250. The largest absolute Gasteiger partial charge is 0.462 e. The first kappa shape index (κ1) is 40.7. The highest BCUT2D eigenvalue weighted by atomic mass is 16.7. The van der Waals surface area contributed by atoms with Crippen molar-refractivity contribution in [3.63, 3.8) is 0 Å². The summed E-state index contributed by atoms with van der Waals surface area (Å²) in [7, 11) is 3.46. The van der Waals surface area contributed by atoms with Gasteiger partial charge in [0.25, 0.3) is 0 Å². The SMILES string of the molecule is CC[C@H]1OC(=O)C[C@@H](O)[C@H](C)[C@@H](O[C@@H]2O[C@H](C)[C@@H](O)[C@H](N(C)C)[C@H]2O)C(CC=O)C[C@@H](C)C(=O)/C=C/C(C)=C/[C@@H]1COCc1ccccc1. The van der Waals surface area contributed by atoms with Crippen molar-refractivity contribution < 1.29 is 48.7 Å². The molecule has 1 saturated heterocycles. The standard InChI is InChI=1S/C38H57NO10/c1-8-32-29(22-46-21-27-12-10-9-11-13-27)18-23(2)14-15-30(41)24(3)19-28(16-17-40)37(25(4)31(42)20-33(43)48-32)49-38-36(45)34(39(6)7)35(44)26(5)47-38/h9-15,17-18,24-26,28-29,31-32,34-38,42,44-45H,8,16,19-22H2,1-7H3/b15-14+,23-18+/t24-,25+,26-,28?,29-,31-,32-,34+,35-,36-,37-,38+/m1/s1. The van der Waals surface area contributed by atoms with Crippen LogP contribution >= 0.6 is 0 Å². The Morgan fingerprint density at radius 3 is 2.35 bits per heavy atom. The Labute approximate surface area is 291 Å². The maximum atomic E-state index is 13.4. The van der Waals surface area contributed by atoms with Gasteiger partial charge >= 0.3 is 5.97 Å². The van der Waals surface area contributed by atoms with Crippen LogP contribution in [0.3, 0.4) is 0 Å². The number of nitrogens with zero attached hydrogens (tertiary/aromatic N) is 1. The first-order chi connectivity index (χ1) is 23.3. The number of ketones is 1. The van der Waals surface area contributed by atoms with Crippen LogP contribution in [0.25, 0.3) is 0 Å². The Morgan fingerprint density at radius 1 is 1.02 bits per heavy atom. The van der Waals surface area contributed by atoms with Crippen LogP contribution in [-0.4, -0.2) is 108 Å². The second kappa shape index (κ2) is 19.6. The number of cyclic esters (lactones) is 1. The first-order valence-corrected chi connectivity index (χ1v) is 17.4. The van der Waals surface area contributed by atoms with E-state index >= 15 is 0 Å². The lowest BCUT2D eigenvalue weighted by Gasteiger charge is -2.46. The molecule has 1 unspecified atom stereocenters. The van der Waals surface area contributed by atoms with Crippen molar-refractivity contribution in [1.29, 1.82) is 0 Å². The van der Waals surface area contributed by atoms with E-state index in [4.69, 9.17) is 18.9 Å². The smallest absolute Gasteiger partial charge is 0.308 e. The Kier molecular flexibility index (Phi) is 16.2. The molecule has 1 fully saturated rings. The number of carbonyl (C=O) groups excluding carboxylic acids is 3. The third-order valence-corrected chi connectivity index (χ3v) is 9.77. The topological polar surface area (TPSA) is 152 Å². The number of hydrogen-bond acceptors (Lipinski definition) is 11. The minimum atomic E-state index is -1.27. The molecule has 0 radical (unpaired) electrons. The van der Waals surface area contributed by atoms with Gasteiger partial charge in [-0.25, -0.2) is 0 Å². The lowest BCUT2D eigenvalue weighted by Crippen LogP contribution is -2.63. The van der Waals surface area contributed by atoms with E-state index < -0.39 is 72.7 Å². The molecule has 1 aromatic rings. The predicted molar refractivity (Wildman–Crippen MR) is 184 cm³/mol. The Morgan fingerprint density at radius 2 is 1.71 bits per heavy atom. The van der Waals surface area contributed by atoms with Gasteiger partial charge in [-0.3, -0.25) is 9.59 Å². The van der Waals surface area contributed by atoms with Crippen molar-refractivity contribution in [2.45, 2.75) is 116 Å². The molecule has 0 saturated carbocycles. The van der Waals surface area contributed by atoms with Gasteiger partial charge in [0, 0.05) is 24.2 Å². The third kappa shape index (κ3) is 11.6. The van der Waals surface area contributed by atoms with Crippen molar-refractivity contribution >= 4 is 18.0 Å². The van der Waals surface area contributed by atoms with E-state index in [1.165, 1.54) is 6.08 Å². The summed E-state index contributed by atoms with van der Waals surface area (Å²) in [5, 5.41) is 33.4. The molecule has 2 heterocycles. The van der Waals surface area contributed by atoms with E-state index in [-0.39, 0.29) is 37.6 Å². The van der Waals surface area contributed by atoms with Crippen molar-refractivity contribution in [2.75, 3.05) is 20.7 Å². The average Bonchev–Trinajstić information content (AvgIpc) is 3.06. The average molecular weight is 688 g/mol. The number of ether oxygens (including phenoxy) is 4. The predicted octanol–water partition coefficient (Wildman–Crippen LogP) is 3.63. The zero-order chi connectivity index (χ0) is 36.2. The summed E-state index contributed by atoms with van der Waals surface area (Å²) >= 11 is 0. The molecule has 0 spiro atoms. The van der Waals surface area contributed by atoms with E-state index in [1.54, 1.807) is 45.8 Å². The number of aliphatic hydroxyl groups is 3. The highest BCUT2D eigenvalue weighted by molar-refractivity contribution is 5.91. The quantitative estimate of drug-likeness (QED) is 0.244. The fourth-order valence-corrected chi connectivity index (χ4v) is 6.80. The minimum Gasteiger partial charge on any atom is -0.462 e. The Balaban J connectivity index is 1.94. The van der Waals surface area contributed by atoms with Crippen LogP contribution in [0.4, 0.5) is 0 Å². The maximum absolute atomic E-state index is 13.4. The number of aldehydes is 1. The molecule has 0 aromatic heterocycles. The summed E-state index contributed by atoms with van der Waals surface area (Å²) in [5.74, 6) is -2.89. The third-order valence-electron chi connectivity index (χ3n) is 9.77. The molecular formula is C38H57NO10. The van der Waals surface area contributed by atoms with Gasteiger partial charge in [-0.1, -0.05) is 68.8 Å². The second-order valence-corrected chi connectivity index (χ2v) is 13.9. The van der Waals surface area contributed by atoms with Crippen molar-refractivity contribution in [3.8, 4) is 0 Å². The summed E-state index contributed by atoms with van der Waals surface area (Å²) in [5.41, 5.74) is 1.81. The lowest BCUT2D eigenvalue weighted by atomic mass is 9.79.